The minimum absolute atomic E-state index is 0.0873. The lowest BCUT2D eigenvalue weighted by Gasteiger charge is -2.13. The first-order chi connectivity index (χ1) is 6.18. The lowest BCUT2D eigenvalue weighted by molar-refractivity contribution is 0.603. The Morgan fingerprint density at radius 1 is 1.38 bits per heavy atom. The standard InChI is InChI=1S/C10H13FN2/c11-7-3-4-9(12)8(5-7)10(13)6-1-2-6/h3-6,10H,1-2,12-13H2/t10-/m1/s1. The van der Waals surface area contributed by atoms with E-state index in [2.05, 4.69) is 0 Å². The molecule has 0 bridgehead atoms. The molecule has 1 aromatic rings. The highest BCUT2D eigenvalue weighted by atomic mass is 19.1. The zero-order valence-corrected chi connectivity index (χ0v) is 7.33. The second-order valence-electron chi connectivity index (χ2n) is 3.64. The summed E-state index contributed by atoms with van der Waals surface area (Å²) in [6.07, 6.45) is 2.27. The minimum atomic E-state index is -0.264. The molecule has 2 rings (SSSR count). The highest BCUT2D eigenvalue weighted by Gasteiger charge is 2.30. The van der Waals surface area contributed by atoms with E-state index in [1.54, 1.807) is 6.07 Å². The van der Waals surface area contributed by atoms with Gasteiger partial charge in [-0.25, -0.2) is 4.39 Å². The number of anilines is 1. The quantitative estimate of drug-likeness (QED) is 0.682. The molecule has 4 N–H and O–H groups in total. The predicted octanol–water partition coefficient (Wildman–Crippen LogP) is 1.82. The maximum absolute atomic E-state index is 12.9. The molecule has 0 radical (unpaired) electrons. The van der Waals surface area contributed by atoms with Gasteiger partial charge < -0.3 is 11.5 Å². The van der Waals surface area contributed by atoms with Crippen LogP contribution in [-0.4, -0.2) is 0 Å². The van der Waals surface area contributed by atoms with Gasteiger partial charge in [-0.1, -0.05) is 0 Å². The van der Waals surface area contributed by atoms with Gasteiger partial charge >= 0.3 is 0 Å². The van der Waals surface area contributed by atoms with Crippen molar-refractivity contribution < 1.29 is 4.39 Å². The highest BCUT2D eigenvalue weighted by Crippen LogP contribution is 2.40. The van der Waals surface area contributed by atoms with E-state index in [9.17, 15) is 4.39 Å². The normalized spacial score (nSPS) is 18.6. The summed E-state index contributed by atoms with van der Waals surface area (Å²) in [6, 6.07) is 4.29. The molecule has 13 heavy (non-hydrogen) atoms. The summed E-state index contributed by atoms with van der Waals surface area (Å²) in [4.78, 5) is 0. The van der Waals surface area contributed by atoms with Gasteiger partial charge in [-0.3, -0.25) is 0 Å². The van der Waals surface area contributed by atoms with Gasteiger partial charge in [0, 0.05) is 11.7 Å². The van der Waals surface area contributed by atoms with E-state index in [1.165, 1.54) is 12.1 Å². The van der Waals surface area contributed by atoms with Crippen LogP contribution in [0.2, 0.25) is 0 Å². The van der Waals surface area contributed by atoms with Gasteiger partial charge in [-0.2, -0.15) is 0 Å². The third kappa shape index (κ3) is 1.65. The first-order valence-electron chi connectivity index (χ1n) is 4.49. The van der Waals surface area contributed by atoms with Crippen LogP contribution in [0.1, 0.15) is 24.4 Å². The molecule has 3 heteroatoms. The molecule has 0 aromatic heterocycles. The molecule has 2 nitrogen and oxygen atoms in total. The zero-order chi connectivity index (χ0) is 9.42. The Kier molecular flexibility index (Phi) is 1.96. The second kappa shape index (κ2) is 3.00. The monoisotopic (exact) mass is 180 g/mol. The summed E-state index contributed by atoms with van der Waals surface area (Å²) >= 11 is 0. The van der Waals surface area contributed by atoms with Gasteiger partial charge in [0.25, 0.3) is 0 Å². The third-order valence-corrected chi connectivity index (χ3v) is 2.54. The van der Waals surface area contributed by atoms with Crippen LogP contribution >= 0.6 is 0 Å². The Morgan fingerprint density at radius 3 is 2.69 bits per heavy atom. The van der Waals surface area contributed by atoms with Crippen molar-refractivity contribution in [1.82, 2.24) is 0 Å². The summed E-state index contributed by atoms with van der Waals surface area (Å²) in [7, 11) is 0. The van der Waals surface area contributed by atoms with E-state index >= 15 is 0 Å². The van der Waals surface area contributed by atoms with Crippen LogP contribution in [0.15, 0.2) is 18.2 Å². The van der Waals surface area contributed by atoms with Crippen molar-refractivity contribution in [3.63, 3.8) is 0 Å². The maximum Gasteiger partial charge on any atom is 0.123 e. The molecule has 0 saturated heterocycles. The fourth-order valence-electron chi connectivity index (χ4n) is 1.54. The Hall–Kier alpha value is -1.09. The Balaban J connectivity index is 2.31. The van der Waals surface area contributed by atoms with Crippen molar-refractivity contribution in [1.29, 1.82) is 0 Å². The summed E-state index contributed by atoms with van der Waals surface area (Å²) < 4.78 is 12.9. The smallest absolute Gasteiger partial charge is 0.123 e. The van der Waals surface area contributed by atoms with Crippen LogP contribution in [0.4, 0.5) is 10.1 Å². The molecule has 0 heterocycles. The van der Waals surface area contributed by atoms with Crippen LogP contribution < -0.4 is 11.5 Å². The van der Waals surface area contributed by atoms with E-state index in [-0.39, 0.29) is 11.9 Å². The lowest BCUT2D eigenvalue weighted by atomic mass is 10.0. The van der Waals surface area contributed by atoms with E-state index < -0.39 is 0 Å². The van der Waals surface area contributed by atoms with E-state index in [0.717, 1.165) is 18.4 Å². The fraction of sp³-hybridized carbons (Fsp3) is 0.400. The molecule has 0 unspecified atom stereocenters. The van der Waals surface area contributed by atoms with Crippen molar-refractivity contribution in [2.45, 2.75) is 18.9 Å². The van der Waals surface area contributed by atoms with Gasteiger partial charge in [-0.15, -0.1) is 0 Å². The molecule has 0 aliphatic heterocycles. The number of benzene rings is 1. The molecule has 1 aliphatic rings. The topological polar surface area (TPSA) is 52.0 Å². The first kappa shape index (κ1) is 8.51. The molecule has 1 aliphatic carbocycles. The van der Waals surface area contributed by atoms with Crippen LogP contribution in [-0.2, 0) is 0 Å². The number of nitrogens with two attached hydrogens (primary N) is 2. The molecular formula is C10H13FN2. The molecule has 1 aromatic carbocycles. The number of rotatable bonds is 2. The predicted molar refractivity (Wildman–Crippen MR) is 50.5 cm³/mol. The summed E-state index contributed by atoms with van der Waals surface area (Å²) in [5.41, 5.74) is 13.0. The second-order valence-corrected chi connectivity index (χ2v) is 3.64. The Morgan fingerprint density at radius 2 is 2.08 bits per heavy atom. The van der Waals surface area contributed by atoms with Crippen molar-refractivity contribution in [2.75, 3.05) is 5.73 Å². The average molecular weight is 180 g/mol. The minimum Gasteiger partial charge on any atom is -0.398 e. The van der Waals surface area contributed by atoms with Crippen LogP contribution in [0.25, 0.3) is 0 Å². The van der Waals surface area contributed by atoms with Crippen LogP contribution in [0, 0.1) is 11.7 Å². The molecule has 70 valence electrons. The summed E-state index contributed by atoms with van der Waals surface area (Å²) in [6.45, 7) is 0. The van der Waals surface area contributed by atoms with Crippen molar-refractivity contribution in [3.05, 3.63) is 29.6 Å². The number of halogens is 1. The number of hydrogen-bond donors (Lipinski definition) is 2. The Labute approximate surface area is 76.7 Å². The van der Waals surface area contributed by atoms with Gasteiger partial charge in [0.2, 0.25) is 0 Å². The largest absolute Gasteiger partial charge is 0.398 e. The zero-order valence-electron chi connectivity index (χ0n) is 7.33. The molecule has 1 fully saturated rings. The maximum atomic E-state index is 12.9. The van der Waals surface area contributed by atoms with Crippen molar-refractivity contribution >= 4 is 5.69 Å². The lowest BCUT2D eigenvalue weighted by Crippen LogP contribution is -2.14. The van der Waals surface area contributed by atoms with Crippen molar-refractivity contribution in [2.24, 2.45) is 11.7 Å². The third-order valence-electron chi connectivity index (χ3n) is 2.54. The number of nitrogen functional groups attached to an aromatic ring is 1. The number of hydrogen-bond acceptors (Lipinski definition) is 2. The van der Waals surface area contributed by atoms with Gasteiger partial charge in [0.1, 0.15) is 5.82 Å². The average Bonchev–Trinajstić information content (AvgIpc) is 2.91. The van der Waals surface area contributed by atoms with Crippen LogP contribution in [0.5, 0.6) is 0 Å². The van der Waals surface area contributed by atoms with E-state index in [0.29, 0.717) is 11.6 Å². The molecule has 1 atom stereocenters. The molecule has 1 saturated carbocycles. The molecule has 0 amide bonds. The molecular weight excluding hydrogens is 167 g/mol. The van der Waals surface area contributed by atoms with Gasteiger partial charge in [0.15, 0.2) is 0 Å². The van der Waals surface area contributed by atoms with Gasteiger partial charge in [0.05, 0.1) is 0 Å². The summed E-state index contributed by atoms with van der Waals surface area (Å²) in [5, 5.41) is 0. The highest BCUT2D eigenvalue weighted by molar-refractivity contribution is 5.48. The SMILES string of the molecule is Nc1ccc(F)cc1[C@H](N)C1CC1. The van der Waals surface area contributed by atoms with E-state index in [1.807, 2.05) is 0 Å². The first-order valence-corrected chi connectivity index (χ1v) is 4.49. The van der Waals surface area contributed by atoms with Crippen LogP contribution in [0.3, 0.4) is 0 Å². The van der Waals surface area contributed by atoms with Gasteiger partial charge in [-0.05, 0) is 42.5 Å². The fourth-order valence-corrected chi connectivity index (χ4v) is 1.54. The van der Waals surface area contributed by atoms with E-state index in [4.69, 9.17) is 11.5 Å². The summed E-state index contributed by atoms with van der Waals surface area (Å²) in [5.74, 6) is 0.240. The Bertz CT molecular complexity index is 321. The molecule has 0 spiro atoms. The van der Waals surface area contributed by atoms with Crippen molar-refractivity contribution in [3.8, 4) is 0 Å².